The van der Waals surface area contributed by atoms with Gasteiger partial charge >= 0.3 is 351 Å². The van der Waals surface area contributed by atoms with Gasteiger partial charge in [0.15, 0.2) is 0 Å². The van der Waals surface area contributed by atoms with E-state index in [-0.39, 0.29) is 0 Å². The summed E-state index contributed by atoms with van der Waals surface area (Å²) in [4.78, 5) is 38.6. The number of H-pyrrole nitrogens is 2. The number of hydrogen-bond acceptors (Lipinski definition) is 6. The van der Waals surface area contributed by atoms with Crippen molar-refractivity contribution in [3.8, 4) is 45.6 Å². The normalized spacial score (nSPS) is 12.3. The molecule has 2 aliphatic rings. The van der Waals surface area contributed by atoms with E-state index < -0.39 is 19.2 Å². The number of aromatic nitrogens is 8. The molecule has 0 aliphatic carbocycles. The molecule has 8 bridgehead atoms. The van der Waals surface area contributed by atoms with Crippen LogP contribution in [0.2, 0.25) is 0 Å². The van der Waals surface area contributed by atoms with Gasteiger partial charge in [0.1, 0.15) is 0 Å². The van der Waals surface area contributed by atoms with E-state index in [1.165, 1.54) is 50.8 Å². The minimum absolute atomic E-state index is 0.591. The van der Waals surface area contributed by atoms with Crippen LogP contribution in [-0.4, -0.2) is 39.9 Å². The van der Waals surface area contributed by atoms with Crippen molar-refractivity contribution in [1.29, 1.82) is 0 Å². The van der Waals surface area contributed by atoms with E-state index in [0.29, 0.717) is 45.9 Å². The van der Waals surface area contributed by atoms with Crippen LogP contribution in [0.1, 0.15) is 0 Å². The molecule has 12 aromatic rings. The molecule has 2 N–H and O–H groups in total. The quantitative estimate of drug-likeness (QED) is 0.102. The molecule has 0 spiro atoms. The van der Waals surface area contributed by atoms with Crippen LogP contribution in [0.15, 0.2) is 158 Å². The minimum atomic E-state index is -0.955. The molecular weight excluding hydrogens is 784 g/mol. The van der Waals surface area contributed by atoms with Crippen LogP contribution in [0.5, 0.6) is 0 Å². The predicted molar refractivity (Wildman–Crippen MR) is 243 cm³/mol. The molecular formula is C52H28N8Ti. The second-order valence-corrected chi connectivity index (χ2v) is 17.8. The Kier molecular flexibility index (Phi) is 6.77. The standard InChI is InChI=1S/C32H17N8.C20H11.Ti/c1-2-10-18-17(9-1)25-33-26(18)38-28-21-13-5-6-14-22(21)30(35-28)40-32-24-16-8-7-15-23(24)31(36-32)39-29-20-12-4-3-11-19(20)27(34-29)37-25;1-5-13-6-2-11-17-18-12-4-8-14-7-3-10-16(20(14)18)15(9-1)19(13)17;/h1-15H,(H2,33,34,35,36,37,38,39,40);1-11H;. The van der Waals surface area contributed by atoms with E-state index in [1.807, 2.05) is 36.4 Å². The van der Waals surface area contributed by atoms with Crippen LogP contribution in [0, 0.1) is 0 Å². The van der Waals surface area contributed by atoms with Gasteiger partial charge in [0.2, 0.25) is 0 Å². The van der Waals surface area contributed by atoms with E-state index >= 15 is 0 Å². The summed E-state index contributed by atoms with van der Waals surface area (Å²) >= 11 is -0.955. The van der Waals surface area contributed by atoms with Gasteiger partial charge in [0, 0.05) is 0 Å². The molecule has 280 valence electrons. The van der Waals surface area contributed by atoms with Crippen LogP contribution < -0.4 is 7.74 Å². The van der Waals surface area contributed by atoms with Gasteiger partial charge in [0.25, 0.3) is 0 Å². The van der Waals surface area contributed by atoms with Crippen LogP contribution in [0.3, 0.4) is 0 Å². The van der Waals surface area contributed by atoms with Gasteiger partial charge in [-0.3, -0.25) is 0 Å². The van der Waals surface area contributed by atoms with Crippen molar-refractivity contribution >= 4 is 95.0 Å². The maximum atomic E-state index is 5.42. The number of hydrogen-bond donors (Lipinski definition) is 2. The average Bonchev–Trinajstić information content (AvgIpc) is 4.04. The number of rotatable bonds is 2. The molecule has 5 heterocycles. The third-order valence-corrected chi connectivity index (χ3v) is 14.5. The number of fused-ring (bicyclic) bond motifs is 22. The van der Waals surface area contributed by atoms with Crippen molar-refractivity contribution < 1.29 is 19.2 Å². The number of aromatic amines is 2. The van der Waals surface area contributed by atoms with Crippen molar-refractivity contribution in [1.82, 2.24) is 39.9 Å². The molecule has 2 aliphatic heterocycles. The molecule has 0 saturated carbocycles. The molecule has 9 aromatic carbocycles. The van der Waals surface area contributed by atoms with Crippen molar-refractivity contribution in [2.75, 3.05) is 0 Å². The van der Waals surface area contributed by atoms with Crippen LogP contribution in [0.4, 0.5) is 0 Å². The molecule has 8 nitrogen and oxygen atoms in total. The summed E-state index contributed by atoms with van der Waals surface area (Å²) in [5.41, 5.74) is 6.45. The Morgan fingerprint density at radius 3 is 1.31 bits per heavy atom. The first kappa shape index (κ1) is 33.2. The number of nitrogens with one attached hydrogen (secondary N) is 2. The van der Waals surface area contributed by atoms with E-state index in [2.05, 4.69) is 131 Å². The molecule has 14 rings (SSSR count). The SMILES string of the molecule is c1ccc2c(c1)-c1nc-2nc2[nH]c(nc3nc(nc4[nH]c(n1)c1ccccc41)-c1ccccc1-3)c1[c]([Ti][c]3ccc4cccc5c6cccc7cccc(c3c45)c76)cccc21. The van der Waals surface area contributed by atoms with Crippen molar-refractivity contribution in [2.45, 2.75) is 0 Å². The fraction of sp³-hybridized carbons (Fsp3) is 0. The van der Waals surface area contributed by atoms with Gasteiger partial charge in [-0.2, -0.15) is 0 Å². The molecule has 9 heteroatoms. The Bertz CT molecular complexity index is 4040. The van der Waals surface area contributed by atoms with E-state index in [1.54, 1.807) is 0 Å². The van der Waals surface area contributed by atoms with Gasteiger partial charge in [-0.25, -0.2) is 0 Å². The Labute approximate surface area is 355 Å². The molecule has 0 unspecified atom stereocenters. The third-order valence-electron chi connectivity index (χ3n) is 12.4. The Morgan fingerprint density at radius 1 is 0.279 bits per heavy atom. The van der Waals surface area contributed by atoms with Gasteiger partial charge in [0.05, 0.1) is 0 Å². The summed E-state index contributed by atoms with van der Waals surface area (Å²) in [5.74, 6) is 2.37. The molecule has 0 atom stereocenters. The second-order valence-electron chi connectivity index (χ2n) is 15.7. The summed E-state index contributed by atoms with van der Waals surface area (Å²) in [7, 11) is 0. The third kappa shape index (κ3) is 4.80. The molecule has 0 fully saturated rings. The molecule has 3 aromatic heterocycles. The van der Waals surface area contributed by atoms with Gasteiger partial charge < -0.3 is 0 Å². The average molecular weight is 813 g/mol. The van der Waals surface area contributed by atoms with E-state index in [0.717, 1.165) is 43.8 Å². The van der Waals surface area contributed by atoms with Crippen LogP contribution in [0.25, 0.3) is 133 Å². The first-order valence-electron chi connectivity index (χ1n) is 20.3. The summed E-state index contributed by atoms with van der Waals surface area (Å²) in [6, 6.07) is 55.9. The molecule has 0 radical (unpaired) electrons. The Balaban J connectivity index is 1.10. The zero-order valence-corrected chi connectivity index (χ0v) is 33.8. The molecule has 0 amide bonds. The summed E-state index contributed by atoms with van der Waals surface area (Å²) < 4.78 is 2.64. The van der Waals surface area contributed by atoms with Gasteiger partial charge in [-0.15, -0.1) is 0 Å². The van der Waals surface area contributed by atoms with Crippen LogP contribution >= 0.6 is 0 Å². The van der Waals surface area contributed by atoms with Crippen LogP contribution in [-0.2, 0) is 19.2 Å². The maximum absolute atomic E-state index is 5.42. The second kappa shape index (κ2) is 12.4. The fourth-order valence-corrected chi connectivity index (χ4v) is 11.9. The van der Waals surface area contributed by atoms with E-state index in [9.17, 15) is 0 Å². The summed E-state index contributed by atoms with van der Waals surface area (Å²) in [5, 5.41) is 14.3. The summed E-state index contributed by atoms with van der Waals surface area (Å²) in [6.45, 7) is 0. The van der Waals surface area contributed by atoms with Crippen molar-refractivity contribution in [3.05, 3.63) is 158 Å². The van der Waals surface area contributed by atoms with Gasteiger partial charge in [-0.05, 0) is 0 Å². The van der Waals surface area contributed by atoms with Crippen molar-refractivity contribution in [2.24, 2.45) is 0 Å². The molecule has 61 heavy (non-hydrogen) atoms. The zero-order valence-electron chi connectivity index (χ0n) is 32.2. The van der Waals surface area contributed by atoms with E-state index in [4.69, 9.17) is 29.9 Å². The number of nitrogens with zero attached hydrogens (tertiary/aromatic N) is 6. The van der Waals surface area contributed by atoms with Crippen molar-refractivity contribution in [3.63, 3.8) is 0 Å². The first-order chi connectivity index (χ1) is 30.2. The zero-order chi connectivity index (χ0) is 39.8. The topological polar surface area (TPSA) is 109 Å². The fourth-order valence-electron chi connectivity index (χ4n) is 9.70. The Morgan fingerprint density at radius 2 is 0.705 bits per heavy atom. The summed E-state index contributed by atoms with van der Waals surface area (Å²) in [6.07, 6.45) is 0. The Hall–Kier alpha value is -7.65. The first-order valence-corrected chi connectivity index (χ1v) is 21.9. The monoisotopic (exact) mass is 812 g/mol. The molecule has 0 saturated heterocycles. The predicted octanol–water partition coefficient (Wildman–Crippen LogP) is 11.0. The number of benzene rings is 9. The van der Waals surface area contributed by atoms with Gasteiger partial charge in [-0.1, -0.05) is 6.07 Å².